The lowest BCUT2D eigenvalue weighted by atomic mass is 9.87. The van der Waals surface area contributed by atoms with Crippen molar-refractivity contribution in [2.24, 2.45) is 5.92 Å². The van der Waals surface area contributed by atoms with Crippen LogP contribution in [0.1, 0.15) is 22.6 Å². The number of hydrogen-bond acceptors (Lipinski definition) is 3. The minimum absolute atomic E-state index is 0.211. The third-order valence-electron chi connectivity index (χ3n) is 5.20. The zero-order valence-corrected chi connectivity index (χ0v) is 16.2. The maximum atomic E-state index is 13.9. The molecule has 0 spiro atoms. The van der Waals surface area contributed by atoms with E-state index in [0.717, 1.165) is 23.4 Å². The van der Waals surface area contributed by atoms with Gasteiger partial charge in [0.15, 0.2) is 0 Å². The van der Waals surface area contributed by atoms with Gasteiger partial charge in [0, 0.05) is 45.3 Å². The summed E-state index contributed by atoms with van der Waals surface area (Å²) in [5.41, 5.74) is 1.07. The summed E-state index contributed by atoms with van der Waals surface area (Å²) in [6.07, 6.45) is -4.74. The van der Waals surface area contributed by atoms with Gasteiger partial charge < -0.3 is 15.5 Å². The van der Waals surface area contributed by atoms with E-state index in [1.54, 1.807) is 0 Å². The van der Waals surface area contributed by atoms with Gasteiger partial charge in [-0.25, -0.2) is 4.39 Å². The number of anilines is 1. The molecule has 0 radical (unpaired) electrons. The summed E-state index contributed by atoms with van der Waals surface area (Å²) >= 11 is 0. The average molecular weight is 409 g/mol. The smallest absolute Gasteiger partial charge is 0.378 e. The van der Waals surface area contributed by atoms with E-state index in [1.807, 2.05) is 43.3 Å². The SMILES string of the molecule is CN(C)c1ccc(CNC(=O)[C@@H]2CNC[C@H]2c2ccc(C(F)(F)F)c(F)c2)cc1. The Labute approximate surface area is 166 Å². The van der Waals surface area contributed by atoms with Gasteiger partial charge in [-0.15, -0.1) is 0 Å². The molecule has 1 aliphatic rings. The molecule has 2 N–H and O–H groups in total. The third-order valence-corrected chi connectivity index (χ3v) is 5.20. The fraction of sp³-hybridized carbons (Fsp3) is 0.381. The van der Waals surface area contributed by atoms with E-state index in [2.05, 4.69) is 10.6 Å². The number of nitrogens with zero attached hydrogens (tertiary/aromatic N) is 1. The predicted molar refractivity (Wildman–Crippen MR) is 103 cm³/mol. The van der Waals surface area contributed by atoms with E-state index in [-0.39, 0.29) is 11.8 Å². The van der Waals surface area contributed by atoms with Gasteiger partial charge in [0.05, 0.1) is 11.5 Å². The maximum absolute atomic E-state index is 13.9. The third kappa shape index (κ3) is 4.87. The van der Waals surface area contributed by atoms with Crippen molar-refractivity contribution in [1.29, 1.82) is 0 Å². The minimum Gasteiger partial charge on any atom is -0.378 e. The molecule has 0 unspecified atom stereocenters. The number of carbonyl (C=O) groups excluding carboxylic acids is 1. The second-order valence-corrected chi connectivity index (χ2v) is 7.39. The van der Waals surface area contributed by atoms with Crippen LogP contribution in [0.25, 0.3) is 0 Å². The first-order chi connectivity index (χ1) is 13.7. The monoisotopic (exact) mass is 409 g/mol. The zero-order chi connectivity index (χ0) is 21.2. The zero-order valence-electron chi connectivity index (χ0n) is 16.2. The van der Waals surface area contributed by atoms with Crippen LogP contribution in [0, 0.1) is 11.7 Å². The molecule has 0 bridgehead atoms. The first-order valence-corrected chi connectivity index (χ1v) is 9.28. The average Bonchev–Trinajstić information content (AvgIpc) is 3.15. The molecule has 0 aliphatic carbocycles. The molecular weight excluding hydrogens is 386 g/mol. The van der Waals surface area contributed by atoms with Crippen molar-refractivity contribution in [1.82, 2.24) is 10.6 Å². The first kappa shape index (κ1) is 21.1. The Kier molecular flexibility index (Phi) is 6.12. The van der Waals surface area contributed by atoms with Gasteiger partial charge in [0.25, 0.3) is 0 Å². The van der Waals surface area contributed by atoms with Crippen LogP contribution in [0.3, 0.4) is 0 Å². The predicted octanol–water partition coefficient (Wildman–Crippen LogP) is 3.53. The van der Waals surface area contributed by atoms with E-state index in [0.29, 0.717) is 25.2 Å². The molecule has 156 valence electrons. The van der Waals surface area contributed by atoms with Crippen molar-refractivity contribution >= 4 is 11.6 Å². The Bertz CT molecular complexity index is 865. The lowest BCUT2D eigenvalue weighted by Crippen LogP contribution is -2.34. The summed E-state index contributed by atoms with van der Waals surface area (Å²) < 4.78 is 52.3. The number of rotatable bonds is 5. The largest absolute Gasteiger partial charge is 0.419 e. The van der Waals surface area contributed by atoms with Gasteiger partial charge >= 0.3 is 6.18 Å². The molecule has 1 aliphatic heterocycles. The quantitative estimate of drug-likeness (QED) is 0.743. The number of benzene rings is 2. The molecule has 2 atom stereocenters. The van der Waals surface area contributed by atoms with Crippen LogP contribution in [0.2, 0.25) is 0 Å². The highest BCUT2D eigenvalue weighted by atomic mass is 19.4. The van der Waals surface area contributed by atoms with Gasteiger partial charge in [0.2, 0.25) is 5.91 Å². The number of amides is 1. The molecule has 4 nitrogen and oxygen atoms in total. The standard InChI is InChI=1S/C21H23F4N3O/c1-28(2)15-6-3-13(4-7-15)10-27-20(29)17-12-26-11-16(17)14-5-8-18(19(22)9-14)21(23,24)25/h3-9,16-17,26H,10-12H2,1-2H3,(H,27,29)/t16-,17+/m0/s1. The highest BCUT2D eigenvalue weighted by Crippen LogP contribution is 2.35. The van der Waals surface area contributed by atoms with Gasteiger partial charge in [-0.2, -0.15) is 13.2 Å². The second-order valence-electron chi connectivity index (χ2n) is 7.39. The van der Waals surface area contributed by atoms with Crippen molar-refractivity contribution < 1.29 is 22.4 Å². The Hall–Kier alpha value is -2.61. The van der Waals surface area contributed by atoms with E-state index in [9.17, 15) is 22.4 Å². The molecular formula is C21H23F4N3O. The van der Waals surface area contributed by atoms with E-state index >= 15 is 0 Å². The Morgan fingerprint density at radius 3 is 2.41 bits per heavy atom. The number of alkyl halides is 3. The summed E-state index contributed by atoms with van der Waals surface area (Å²) in [6.45, 7) is 1.14. The molecule has 0 saturated carbocycles. The van der Waals surface area contributed by atoms with Gasteiger partial charge in [-0.1, -0.05) is 18.2 Å². The normalized spacial score (nSPS) is 19.2. The Morgan fingerprint density at radius 2 is 1.83 bits per heavy atom. The van der Waals surface area contributed by atoms with Gasteiger partial charge in [-0.3, -0.25) is 4.79 Å². The molecule has 2 aromatic carbocycles. The van der Waals surface area contributed by atoms with Crippen molar-refractivity contribution in [3.8, 4) is 0 Å². The topological polar surface area (TPSA) is 44.4 Å². The molecule has 29 heavy (non-hydrogen) atoms. The summed E-state index contributed by atoms with van der Waals surface area (Å²) in [6, 6.07) is 10.6. The molecule has 1 heterocycles. The van der Waals surface area contributed by atoms with Crippen LogP contribution in [0.4, 0.5) is 23.2 Å². The molecule has 3 rings (SSSR count). The Morgan fingerprint density at radius 1 is 1.14 bits per heavy atom. The van der Waals surface area contributed by atoms with Crippen molar-refractivity contribution in [2.45, 2.75) is 18.6 Å². The van der Waals surface area contributed by atoms with Crippen LogP contribution in [0.15, 0.2) is 42.5 Å². The fourth-order valence-electron chi connectivity index (χ4n) is 3.53. The second kappa shape index (κ2) is 8.41. The minimum atomic E-state index is -4.74. The van der Waals surface area contributed by atoms with Crippen molar-refractivity contribution in [2.75, 3.05) is 32.1 Å². The van der Waals surface area contributed by atoms with Crippen LogP contribution in [-0.2, 0) is 17.5 Å². The number of hydrogen-bond donors (Lipinski definition) is 2. The first-order valence-electron chi connectivity index (χ1n) is 9.28. The molecule has 2 aromatic rings. The lowest BCUT2D eigenvalue weighted by molar-refractivity contribution is -0.140. The van der Waals surface area contributed by atoms with Gasteiger partial charge in [0.1, 0.15) is 5.82 Å². The summed E-state index contributed by atoms with van der Waals surface area (Å²) in [5.74, 6) is -2.39. The highest BCUT2D eigenvalue weighted by Gasteiger charge is 2.37. The van der Waals surface area contributed by atoms with E-state index in [1.165, 1.54) is 6.07 Å². The number of nitrogens with one attached hydrogen (secondary N) is 2. The van der Waals surface area contributed by atoms with E-state index < -0.39 is 23.5 Å². The summed E-state index contributed by atoms with van der Waals surface area (Å²) in [7, 11) is 3.88. The highest BCUT2D eigenvalue weighted by molar-refractivity contribution is 5.80. The number of carbonyl (C=O) groups is 1. The van der Waals surface area contributed by atoms with Crippen LogP contribution in [-0.4, -0.2) is 33.1 Å². The van der Waals surface area contributed by atoms with Gasteiger partial charge in [-0.05, 0) is 35.4 Å². The maximum Gasteiger partial charge on any atom is 0.419 e. The summed E-state index contributed by atoms with van der Waals surface area (Å²) in [4.78, 5) is 14.6. The molecule has 1 saturated heterocycles. The molecule has 0 aromatic heterocycles. The van der Waals surface area contributed by atoms with Crippen LogP contribution < -0.4 is 15.5 Å². The van der Waals surface area contributed by atoms with Crippen molar-refractivity contribution in [3.05, 3.63) is 65.0 Å². The molecule has 1 amide bonds. The Balaban J connectivity index is 1.67. The lowest BCUT2D eigenvalue weighted by Gasteiger charge is -2.20. The van der Waals surface area contributed by atoms with Crippen molar-refractivity contribution in [3.63, 3.8) is 0 Å². The van der Waals surface area contributed by atoms with Crippen LogP contribution in [0.5, 0.6) is 0 Å². The van der Waals surface area contributed by atoms with E-state index in [4.69, 9.17) is 0 Å². The van der Waals surface area contributed by atoms with Crippen LogP contribution >= 0.6 is 0 Å². The molecule has 1 fully saturated rings. The fourth-order valence-corrected chi connectivity index (χ4v) is 3.53. The summed E-state index contributed by atoms with van der Waals surface area (Å²) in [5, 5.41) is 5.95. The number of halogens is 4. The molecule has 8 heteroatoms.